The molecule has 0 bridgehead atoms. The van der Waals surface area contributed by atoms with Gasteiger partial charge in [0.05, 0.1) is 0 Å². The molecule has 0 amide bonds. The van der Waals surface area contributed by atoms with Gasteiger partial charge >= 0.3 is 0 Å². The minimum absolute atomic E-state index is 0.808. The van der Waals surface area contributed by atoms with E-state index in [2.05, 4.69) is 60.7 Å². The number of nitrogen functional groups attached to an aromatic ring is 1. The monoisotopic (exact) mass is 301 g/mol. The lowest BCUT2D eigenvalue weighted by atomic mass is 10.1. The standard InChI is InChI=1S/C20H15NS/c21-18-9-8-15-12-17(7-6-16(15)13-18)20-11-10-19(22-20)14-4-2-1-3-5-14/h1-13H,21H2. The Labute approximate surface area is 133 Å². The summed E-state index contributed by atoms with van der Waals surface area (Å²) in [6.45, 7) is 0. The van der Waals surface area contributed by atoms with E-state index >= 15 is 0 Å². The second kappa shape index (κ2) is 5.32. The predicted molar refractivity (Wildman–Crippen MR) is 97.1 cm³/mol. The summed E-state index contributed by atoms with van der Waals surface area (Å²) >= 11 is 1.83. The Kier molecular flexibility index (Phi) is 3.17. The molecule has 1 aromatic heterocycles. The van der Waals surface area contributed by atoms with Crippen LogP contribution in [-0.4, -0.2) is 0 Å². The van der Waals surface area contributed by atoms with E-state index in [0.29, 0.717) is 0 Å². The molecule has 0 aliphatic carbocycles. The molecule has 1 heterocycles. The van der Waals surface area contributed by atoms with Crippen molar-refractivity contribution >= 4 is 27.8 Å². The fourth-order valence-corrected chi connectivity index (χ4v) is 3.68. The molecule has 1 nitrogen and oxygen atoms in total. The van der Waals surface area contributed by atoms with E-state index in [1.807, 2.05) is 29.5 Å². The van der Waals surface area contributed by atoms with Gasteiger partial charge in [-0.05, 0) is 52.2 Å². The van der Waals surface area contributed by atoms with Crippen LogP contribution in [0.25, 0.3) is 31.7 Å². The van der Waals surface area contributed by atoms with Gasteiger partial charge in [0.25, 0.3) is 0 Å². The minimum Gasteiger partial charge on any atom is -0.399 e. The quantitative estimate of drug-likeness (QED) is 0.464. The van der Waals surface area contributed by atoms with Crippen LogP contribution >= 0.6 is 11.3 Å². The summed E-state index contributed by atoms with van der Waals surface area (Å²) in [4.78, 5) is 2.59. The highest BCUT2D eigenvalue weighted by Gasteiger charge is 2.05. The number of thiophene rings is 1. The Morgan fingerprint density at radius 2 is 1.27 bits per heavy atom. The first kappa shape index (κ1) is 13.1. The Morgan fingerprint density at radius 1 is 0.591 bits per heavy atom. The molecule has 4 aromatic rings. The molecule has 0 aliphatic rings. The van der Waals surface area contributed by atoms with E-state index in [9.17, 15) is 0 Å². The van der Waals surface area contributed by atoms with Crippen LogP contribution in [0.3, 0.4) is 0 Å². The maximum atomic E-state index is 5.84. The SMILES string of the molecule is Nc1ccc2cc(-c3ccc(-c4ccccc4)s3)ccc2c1. The van der Waals surface area contributed by atoms with Crippen LogP contribution in [0.5, 0.6) is 0 Å². The first-order chi connectivity index (χ1) is 10.8. The van der Waals surface area contributed by atoms with E-state index in [1.54, 1.807) is 0 Å². The van der Waals surface area contributed by atoms with Crippen molar-refractivity contribution in [3.05, 3.63) is 78.9 Å². The van der Waals surface area contributed by atoms with Crippen molar-refractivity contribution in [3.8, 4) is 20.9 Å². The summed E-state index contributed by atoms with van der Waals surface area (Å²) in [5.74, 6) is 0. The number of hydrogen-bond acceptors (Lipinski definition) is 2. The lowest BCUT2D eigenvalue weighted by Crippen LogP contribution is -1.83. The van der Waals surface area contributed by atoms with Crippen molar-refractivity contribution in [1.82, 2.24) is 0 Å². The Bertz CT molecular complexity index is 938. The zero-order valence-electron chi connectivity index (χ0n) is 12.0. The van der Waals surface area contributed by atoms with Crippen LogP contribution in [0.15, 0.2) is 78.9 Å². The third-order valence-electron chi connectivity index (χ3n) is 3.81. The number of nitrogens with two attached hydrogens (primary N) is 1. The molecule has 0 unspecified atom stereocenters. The smallest absolute Gasteiger partial charge is 0.0349 e. The highest BCUT2D eigenvalue weighted by molar-refractivity contribution is 7.18. The molecule has 3 aromatic carbocycles. The zero-order chi connectivity index (χ0) is 14.9. The summed E-state index contributed by atoms with van der Waals surface area (Å²) in [7, 11) is 0. The molecule has 0 radical (unpaired) electrons. The average molecular weight is 301 g/mol. The molecule has 0 aliphatic heterocycles. The predicted octanol–water partition coefficient (Wildman–Crippen LogP) is 5.82. The van der Waals surface area contributed by atoms with Crippen LogP contribution in [0, 0.1) is 0 Å². The van der Waals surface area contributed by atoms with E-state index in [-0.39, 0.29) is 0 Å². The van der Waals surface area contributed by atoms with E-state index in [0.717, 1.165) is 5.69 Å². The average Bonchev–Trinajstić information content (AvgIpc) is 3.05. The summed E-state index contributed by atoms with van der Waals surface area (Å²) in [6, 6.07) is 27.5. The van der Waals surface area contributed by atoms with Crippen LogP contribution in [0.4, 0.5) is 5.69 Å². The normalized spacial score (nSPS) is 10.9. The van der Waals surface area contributed by atoms with Crippen molar-refractivity contribution in [1.29, 1.82) is 0 Å². The zero-order valence-corrected chi connectivity index (χ0v) is 12.8. The summed E-state index contributed by atoms with van der Waals surface area (Å²) < 4.78 is 0. The molecule has 0 spiro atoms. The number of rotatable bonds is 2. The molecule has 0 fully saturated rings. The fraction of sp³-hybridized carbons (Fsp3) is 0. The molecular formula is C20H15NS. The Morgan fingerprint density at radius 3 is 2.09 bits per heavy atom. The second-order valence-corrected chi connectivity index (χ2v) is 6.44. The van der Waals surface area contributed by atoms with Crippen LogP contribution in [-0.2, 0) is 0 Å². The van der Waals surface area contributed by atoms with Crippen molar-refractivity contribution in [2.24, 2.45) is 0 Å². The maximum absolute atomic E-state index is 5.84. The largest absolute Gasteiger partial charge is 0.399 e. The fourth-order valence-electron chi connectivity index (χ4n) is 2.67. The molecule has 2 heteroatoms. The number of anilines is 1. The van der Waals surface area contributed by atoms with E-state index < -0.39 is 0 Å². The third-order valence-corrected chi connectivity index (χ3v) is 5.00. The molecule has 22 heavy (non-hydrogen) atoms. The van der Waals surface area contributed by atoms with Crippen LogP contribution in [0.2, 0.25) is 0 Å². The first-order valence-electron chi connectivity index (χ1n) is 7.24. The van der Waals surface area contributed by atoms with Gasteiger partial charge in [-0.1, -0.05) is 48.5 Å². The van der Waals surface area contributed by atoms with Gasteiger partial charge in [0.1, 0.15) is 0 Å². The lowest BCUT2D eigenvalue weighted by molar-refractivity contribution is 1.70. The van der Waals surface area contributed by atoms with Crippen LogP contribution < -0.4 is 5.73 Å². The minimum atomic E-state index is 0.808. The van der Waals surface area contributed by atoms with Gasteiger partial charge in [-0.15, -0.1) is 11.3 Å². The molecule has 0 saturated heterocycles. The topological polar surface area (TPSA) is 26.0 Å². The van der Waals surface area contributed by atoms with Crippen molar-refractivity contribution in [2.45, 2.75) is 0 Å². The van der Waals surface area contributed by atoms with Crippen molar-refractivity contribution in [2.75, 3.05) is 5.73 Å². The first-order valence-corrected chi connectivity index (χ1v) is 8.06. The Hall–Kier alpha value is -2.58. The van der Waals surface area contributed by atoms with Gasteiger partial charge in [0, 0.05) is 15.4 Å². The molecule has 0 saturated carbocycles. The van der Waals surface area contributed by atoms with Gasteiger partial charge in [0.2, 0.25) is 0 Å². The maximum Gasteiger partial charge on any atom is 0.0349 e. The highest BCUT2D eigenvalue weighted by atomic mass is 32.1. The van der Waals surface area contributed by atoms with Gasteiger partial charge in [-0.25, -0.2) is 0 Å². The van der Waals surface area contributed by atoms with E-state index in [1.165, 1.54) is 31.7 Å². The molecule has 106 valence electrons. The lowest BCUT2D eigenvalue weighted by Gasteiger charge is -2.03. The Balaban J connectivity index is 1.76. The highest BCUT2D eigenvalue weighted by Crippen LogP contribution is 2.35. The summed E-state index contributed by atoms with van der Waals surface area (Å²) in [6.07, 6.45) is 0. The van der Waals surface area contributed by atoms with Gasteiger partial charge in [-0.3, -0.25) is 0 Å². The van der Waals surface area contributed by atoms with Gasteiger partial charge in [-0.2, -0.15) is 0 Å². The molecule has 0 atom stereocenters. The number of fused-ring (bicyclic) bond motifs is 1. The third kappa shape index (κ3) is 2.38. The molecular weight excluding hydrogens is 286 g/mol. The molecule has 2 N–H and O–H groups in total. The van der Waals surface area contributed by atoms with E-state index in [4.69, 9.17) is 5.73 Å². The van der Waals surface area contributed by atoms with Gasteiger partial charge in [0.15, 0.2) is 0 Å². The summed E-state index contributed by atoms with van der Waals surface area (Å²) in [5, 5.41) is 2.41. The van der Waals surface area contributed by atoms with Crippen molar-refractivity contribution in [3.63, 3.8) is 0 Å². The summed E-state index contributed by atoms with van der Waals surface area (Å²) in [5.41, 5.74) is 9.18. The number of benzene rings is 3. The van der Waals surface area contributed by atoms with Gasteiger partial charge < -0.3 is 5.73 Å². The van der Waals surface area contributed by atoms with Crippen molar-refractivity contribution < 1.29 is 0 Å². The number of hydrogen-bond donors (Lipinski definition) is 1. The second-order valence-electron chi connectivity index (χ2n) is 5.35. The molecule has 4 rings (SSSR count). The van der Waals surface area contributed by atoms with Crippen LogP contribution in [0.1, 0.15) is 0 Å².